The molecule has 1 heterocycles. The van der Waals surface area contributed by atoms with Gasteiger partial charge in [0, 0.05) is 17.2 Å². The van der Waals surface area contributed by atoms with E-state index in [1.54, 1.807) is 0 Å². The van der Waals surface area contributed by atoms with Crippen LogP contribution < -0.4 is 10.1 Å². The molecule has 0 saturated carbocycles. The van der Waals surface area contributed by atoms with Crippen molar-refractivity contribution in [2.75, 3.05) is 11.1 Å². The van der Waals surface area contributed by atoms with Crippen molar-refractivity contribution in [2.24, 2.45) is 7.05 Å². The van der Waals surface area contributed by atoms with Gasteiger partial charge in [-0.15, -0.1) is 10.2 Å². The smallest absolute Gasteiger partial charge is 0.234 e. The van der Waals surface area contributed by atoms with Crippen LogP contribution in [0.5, 0.6) is 5.75 Å². The highest BCUT2D eigenvalue weighted by atomic mass is 79.9. The molecule has 1 amide bonds. The minimum absolute atomic E-state index is 0.0877. The summed E-state index contributed by atoms with van der Waals surface area (Å²) in [6, 6.07) is 13.8. The summed E-state index contributed by atoms with van der Waals surface area (Å²) in [5, 5.41) is 12.1. The van der Waals surface area contributed by atoms with E-state index in [2.05, 4.69) is 50.5 Å². The third-order valence-electron chi connectivity index (χ3n) is 4.67. The van der Waals surface area contributed by atoms with Crippen LogP contribution in [0.25, 0.3) is 0 Å². The summed E-state index contributed by atoms with van der Waals surface area (Å²) >= 11 is 4.77. The summed E-state index contributed by atoms with van der Waals surface area (Å²) in [7, 11) is 1.88. The molecule has 0 spiro atoms. The highest BCUT2D eigenvalue weighted by molar-refractivity contribution is 9.10. The first-order valence-electron chi connectivity index (χ1n) is 9.71. The molecule has 3 aromatic rings. The number of rotatable bonds is 8. The van der Waals surface area contributed by atoms with Gasteiger partial charge in [-0.05, 0) is 61.7 Å². The number of hydrogen-bond donors (Lipinski definition) is 1. The highest BCUT2D eigenvalue weighted by Gasteiger charge is 2.18. The average molecular weight is 489 g/mol. The van der Waals surface area contributed by atoms with E-state index in [-0.39, 0.29) is 17.8 Å². The molecule has 0 unspecified atom stereocenters. The summed E-state index contributed by atoms with van der Waals surface area (Å²) in [6.07, 6.45) is 0.734. The number of benzene rings is 2. The van der Waals surface area contributed by atoms with Gasteiger partial charge < -0.3 is 14.6 Å². The highest BCUT2D eigenvalue weighted by Crippen LogP contribution is 2.25. The van der Waals surface area contributed by atoms with Gasteiger partial charge >= 0.3 is 0 Å². The average Bonchev–Trinajstić information content (AvgIpc) is 3.09. The second kappa shape index (κ2) is 10.1. The Morgan fingerprint density at radius 3 is 2.63 bits per heavy atom. The van der Waals surface area contributed by atoms with E-state index >= 15 is 0 Å². The van der Waals surface area contributed by atoms with Crippen LogP contribution in [0.4, 0.5) is 5.69 Å². The van der Waals surface area contributed by atoms with E-state index in [4.69, 9.17) is 4.74 Å². The molecule has 6 nitrogen and oxygen atoms in total. The zero-order valence-electron chi connectivity index (χ0n) is 17.5. The Kier molecular flexibility index (Phi) is 7.55. The minimum Gasteiger partial charge on any atom is -0.483 e. The maximum atomic E-state index is 12.3. The van der Waals surface area contributed by atoms with Crippen molar-refractivity contribution in [2.45, 2.75) is 38.5 Å². The molecule has 0 bridgehead atoms. The lowest BCUT2D eigenvalue weighted by molar-refractivity contribution is -0.113. The number of amides is 1. The number of hydrogen-bond acceptors (Lipinski definition) is 5. The first-order valence-corrected chi connectivity index (χ1v) is 11.5. The van der Waals surface area contributed by atoms with Gasteiger partial charge in [-0.3, -0.25) is 4.79 Å². The summed E-state index contributed by atoms with van der Waals surface area (Å²) in [4.78, 5) is 12.3. The van der Waals surface area contributed by atoms with Crippen LogP contribution in [0.3, 0.4) is 0 Å². The van der Waals surface area contributed by atoms with E-state index in [9.17, 15) is 4.79 Å². The molecule has 1 atom stereocenters. The maximum Gasteiger partial charge on any atom is 0.234 e. The Balaban J connectivity index is 1.58. The molecule has 1 N–H and O–H groups in total. The van der Waals surface area contributed by atoms with Crippen molar-refractivity contribution in [3.63, 3.8) is 0 Å². The molecule has 2 aromatic carbocycles. The number of ether oxygens (including phenoxy) is 1. The molecule has 0 fully saturated rings. The van der Waals surface area contributed by atoms with Crippen LogP contribution in [0.2, 0.25) is 0 Å². The first kappa shape index (κ1) is 22.4. The summed E-state index contributed by atoms with van der Waals surface area (Å²) in [5.74, 6) is 1.66. The van der Waals surface area contributed by atoms with Gasteiger partial charge in [0.1, 0.15) is 5.75 Å². The van der Waals surface area contributed by atoms with E-state index < -0.39 is 0 Å². The Morgan fingerprint density at radius 2 is 1.97 bits per heavy atom. The number of anilines is 1. The van der Waals surface area contributed by atoms with Crippen LogP contribution in [0, 0.1) is 6.92 Å². The number of carbonyl (C=O) groups excluding carboxylic acids is 1. The second-order valence-corrected chi connectivity index (χ2v) is 8.81. The second-order valence-electron chi connectivity index (χ2n) is 6.95. The fourth-order valence-corrected chi connectivity index (χ4v) is 4.14. The van der Waals surface area contributed by atoms with Crippen molar-refractivity contribution in [3.05, 3.63) is 63.9 Å². The monoisotopic (exact) mass is 488 g/mol. The number of carbonyl (C=O) groups is 1. The van der Waals surface area contributed by atoms with Crippen molar-refractivity contribution >= 4 is 39.3 Å². The first-order chi connectivity index (χ1) is 14.4. The Hall–Kier alpha value is -2.32. The van der Waals surface area contributed by atoms with Gasteiger partial charge in [0.05, 0.1) is 5.75 Å². The van der Waals surface area contributed by atoms with Gasteiger partial charge in [0.15, 0.2) is 17.1 Å². The lowest BCUT2D eigenvalue weighted by Gasteiger charge is -2.14. The molecule has 3 rings (SSSR count). The third-order valence-corrected chi connectivity index (χ3v) is 6.19. The zero-order chi connectivity index (χ0) is 21.7. The van der Waals surface area contributed by atoms with Crippen LogP contribution in [-0.4, -0.2) is 26.4 Å². The van der Waals surface area contributed by atoms with Crippen LogP contribution in [0.15, 0.2) is 52.1 Å². The molecule has 0 radical (unpaired) electrons. The molecule has 0 aliphatic rings. The SMILES string of the molecule is CCc1ccc(O[C@@H](C)c2nnc(SCC(=O)Nc3ccc(Br)cc3C)n2C)cc1. The van der Waals surface area contributed by atoms with Crippen LogP contribution in [0.1, 0.15) is 36.9 Å². The molecule has 30 heavy (non-hydrogen) atoms. The fraction of sp³-hybridized carbons (Fsp3) is 0.318. The molecule has 1 aromatic heterocycles. The number of nitrogens with zero attached hydrogens (tertiary/aromatic N) is 3. The topological polar surface area (TPSA) is 69.0 Å². The van der Waals surface area contributed by atoms with E-state index in [0.29, 0.717) is 11.0 Å². The molecule has 158 valence electrons. The van der Waals surface area contributed by atoms with Crippen molar-refractivity contribution in [1.29, 1.82) is 0 Å². The fourth-order valence-electron chi connectivity index (χ4n) is 2.95. The summed E-state index contributed by atoms with van der Waals surface area (Å²) in [6.45, 7) is 6.02. The van der Waals surface area contributed by atoms with Gasteiger partial charge in [0.2, 0.25) is 5.91 Å². The van der Waals surface area contributed by atoms with Crippen molar-refractivity contribution < 1.29 is 9.53 Å². The van der Waals surface area contributed by atoms with Crippen molar-refractivity contribution in [1.82, 2.24) is 14.8 Å². The van der Waals surface area contributed by atoms with Gasteiger partial charge in [-0.25, -0.2) is 0 Å². The summed E-state index contributed by atoms with van der Waals surface area (Å²) < 4.78 is 8.86. The normalized spacial score (nSPS) is 11.9. The molecule has 0 saturated heterocycles. The van der Waals surface area contributed by atoms with E-state index in [1.807, 2.05) is 55.8 Å². The lowest BCUT2D eigenvalue weighted by atomic mass is 10.2. The lowest BCUT2D eigenvalue weighted by Crippen LogP contribution is -2.15. The van der Waals surface area contributed by atoms with Gasteiger partial charge in [-0.2, -0.15) is 0 Å². The standard InChI is InChI=1S/C22H25BrN4O2S/c1-5-16-6-9-18(10-7-16)29-15(3)21-25-26-22(27(21)4)30-13-20(28)24-19-11-8-17(23)12-14(19)2/h6-12,15H,5,13H2,1-4H3,(H,24,28)/t15-/m0/s1. The number of nitrogens with one attached hydrogen (secondary N) is 1. The van der Waals surface area contributed by atoms with E-state index in [0.717, 1.165) is 27.9 Å². The minimum atomic E-state index is -0.261. The Morgan fingerprint density at radius 1 is 1.23 bits per heavy atom. The molecule has 0 aliphatic carbocycles. The molecule has 8 heteroatoms. The van der Waals surface area contributed by atoms with Gasteiger partial charge in [-0.1, -0.05) is 46.7 Å². The zero-order valence-corrected chi connectivity index (χ0v) is 19.9. The molecular formula is C22H25BrN4O2S. The number of thioether (sulfide) groups is 1. The maximum absolute atomic E-state index is 12.3. The Bertz CT molecular complexity index is 1020. The quantitative estimate of drug-likeness (QED) is 0.434. The third kappa shape index (κ3) is 5.64. The predicted octanol–water partition coefficient (Wildman–Crippen LogP) is 5.32. The predicted molar refractivity (Wildman–Crippen MR) is 124 cm³/mol. The molecule has 0 aliphatic heterocycles. The van der Waals surface area contributed by atoms with Gasteiger partial charge in [0.25, 0.3) is 0 Å². The van der Waals surface area contributed by atoms with Crippen molar-refractivity contribution in [3.8, 4) is 5.75 Å². The largest absolute Gasteiger partial charge is 0.483 e. The summed E-state index contributed by atoms with van der Waals surface area (Å²) in [5.41, 5.74) is 3.07. The number of aryl methyl sites for hydroxylation is 2. The van der Waals surface area contributed by atoms with Crippen LogP contribution in [-0.2, 0) is 18.3 Å². The number of aromatic nitrogens is 3. The van der Waals surface area contributed by atoms with E-state index in [1.165, 1.54) is 17.3 Å². The number of halogens is 1. The van der Waals surface area contributed by atoms with Crippen LogP contribution >= 0.6 is 27.7 Å². The Labute approximate surface area is 189 Å². The molecular weight excluding hydrogens is 464 g/mol.